The Hall–Kier alpha value is -3.15. The van der Waals surface area contributed by atoms with Gasteiger partial charge in [-0.3, -0.25) is 14.7 Å². The predicted octanol–water partition coefficient (Wildman–Crippen LogP) is 3.09. The molecule has 5 rings (SSSR count). The SMILES string of the molecule is COc1ccc2c(c1)CC1(CCN(c3ccc(C4=CCN=C4)c(OC)n3)C1=O)C2. The lowest BCUT2D eigenvalue weighted by Gasteiger charge is -2.22. The van der Waals surface area contributed by atoms with Crippen LogP contribution in [0, 0.1) is 5.41 Å². The molecule has 1 amide bonds. The number of pyridine rings is 1. The van der Waals surface area contributed by atoms with Crippen LogP contribution in [0.4, 0.5) is 5.82 Å². The molecular formula is C23H23N3O3. The van der Waals surface area contributed by atoms with Crippen LogP contribution in [0.3, 0.4) is 0 Å². The van der Waals surface area contributed by atoms with Gasteiger partial charge in [-0.2, -0.15) is 4.98 Å². The van der Waals surface area contributed by atoms with E-state index in [0.717, 1.165) is 36.1 Å². The number of aliphatic imine (C=N–C) groups is 1. The van der Waals surface area contributed by atoms with E-state index in [1.807, 2.05) is 35.4 Å². The molecule has 3 aliphatic rings. The normalized spacial score (nSPS) is 22.3. The number of ether oxygens (including phenoxy) is 2. The van der Waals surface area contributed by atoms with Gasteiger partial charge in [0.15, 0.2) is 0 Å². The Morgan fingerprint density at radius 1 is 1.07 bits per heavy atom. The molecule has 0 bridgehead atoms. The van der Waals surface area contributed by atoms with Crippen molar-refractivity contribution in [3.05, 3.63) is 53.1 Å². The molecule has 1 unspecified atom stereocenters. The highest BCUT2D eigenvalue weighted by atomic mass is 16.5. The lowest BCUT2D eigenvalue weighted by molar-refractivity contribution is -0.125. The molecule has 1 spiro atoms. The third-order valence-electron chi connectivity index (χ3n) is 6.26. The largest absolute Gasteiger partial charge is 0.497 e. The van der Waals surface area contributed by atoms with E-state index >= 15 is 0 Å². The fourth-order valence-corrected chi connectivity index (χ4v) is 4.72. The smallest absolute Gasteiger partial charge is 0.235 e. The zero-order valence-electron chi connectivity index (χ0n) is 16.6. The van der Waals surface area contributed by atoms with Crippen molar-refractivity contribution in [1.82, 2.24) is 4.98 Å². The van der Waals surface area contributed by atoms with Crippen LogP contribution in [-0.4, -0.2) is 44.4 Å². The van der Waals surface area contributed by atoms with Crippen molar-refractivity contribution in [2.24, 2.45) is 10.4 Å². The van der Waals surface area contributed by atoms with E-state index in [-0.39, 0.29) is 11.3 Å². The molecular weight excluding hydrogens is 366 g/mol. The highest BCUT2D eigenvalue weighted by Gasteiger charge is 2.50. The van der Waals surface area contributed by atoms with Crippen molar-refractivity contribution < 1.29 is 14.3 Å². The molecule has 3 heterocycles. The van der Waals surface area contributed by atoms with E-state index in [9.17, 15) is 4.79 Å². The second kappa shape index (κ2) is 6.72. The van der Waals surface area contributed by atoms with Gasteiger partial charge in [0, 0.05) is 23.9 Å². The van der Waals surface area contributed by atoms with Crippen molar-refractivity contribution in [3.8, 4) is 11.6 Å². The number of benzene rings is 1. The summed E-state index contributed by atoms with van der Waals surface area (Å²) in [6.45, 7) is 1.35. The number of hydrogen-bond donors (Lipinski definition) is 0. The van der Waals surface area contributed by atoms with E-state index in [4.69, 9.17) is 9.47 Å². The number of carbonyl (C=O) groups excluding carboxylic acids is 1. The molecule has 1 saturated heterocycles. The fraction of sp³-hybridized carbons (Fsp3) is 0.348. The maximum atomic E-state index is 13.5. The summed E-state index contributed by atoms with van der Waals surface area (Å²) in [5.74, 6) is 2.17. The number of carbonyl (C=O) groups is 1. The summed E-state index contributed by atoms with van der Waals surface area (Å²) in [5.41, 5.74) is 4.00. The zero-order chi connectivity index (χ0) is 20.0. The van der Waals surface area contributed by atoms with Gasteiger partial charge in [0.2, 0.25) is 11.8 Å². The first-order chi connectivity index (χ1) is 14.1. The molecule has 1 aromatic heterocycles. The Labute approximate surface area is 169 Å². The lowest BCUT2D eigenvalue weighted by atomic mass is 9.83. The van der Waals surface area contributed by atoms with Gasteiger partial charge >= 0.3 is 0 Å². The van der Waals surface area contributed by atoms with Crippen LogP contribution in [0.5, 0.6) is 11.6 Å². The van der Waals surface area contributed by atoms with Crippen LogP contribution in [0.1, 0.15) is 23.1 Å². The van der Waals surface area contributed by atoms with E-state index in [2.05, 4.69) is 22.1 Å². The number of nitrogens with zero attached hydrogens (tertiary/aromatic N) is 3. The quantitative estimate of drug-likeness (QED) is 0.806. The first-order valence-corrected chi connectivity index (χ1v) is 9.87. The Kier molecular flexibility index (Phi) is 4.15. The van der Waals surface area contributed by atoms with Crippen LogP contribution < -0.4 is 14.4 Å². The fourth-order valence-electron chi connectivity index (χ4n) is 4.72. The molecule has 6 nitrogen and oxygen atoms in total. The molecule has 0 radical (unpaired) electrons. The van der Waals surface area contributed by atoms with Crippen LogP contribution >= 0.6 is 0 Å². The van der Waals surface area contributed by atoms with E-state index in [0.29, 0.717) is 24.8 Å². The number of aromatic nitrogens is 1. The number of allylic oxidation sites excluding steroid dienone is 1. The molecule has 0 saturated carbocycles. The summed E-state index contributed by atoms with van der Waals surface area (Å²) in [6, 6.07) is 10.0. The average molecular weight is 389 g/mol. The third-order valence-corrected chi connectivity index (χ3v) is 6.26. The van der Waals surface area contributed by atoms with Crippen LogP contribution in [0.2, 0.25) is 0 Å². The number of hydrogen-bond acceptors (Lipinski definition) is 5. The van der Waals surface area contributed by atoms with E-state index in [1.165, 1.54) is 11.1 Å². The lowest BCUT2D eigenvalue weighted by Crippen LogP contribution is -2.35. The summed E-state index contributed by atoms with van der Waals surface area (Å²) in [6.07, 6.45) is 6.23. The van der Waals surface area contributed by atoms with Gasteiger partial charge in [-0.1, -0.05) is 12.1 Å². The predicted molar refractivity (Wildman–Crippen MR) is 112 cm³/mol. The third kappa shape index (κ3) is 2.82. The van der Waals surface area contributed by atoms with Crippen molar-refractivity contribution in [2.75, 3.05) is 32.2 Å². The van der Waals surface area contributed by atoms with Gasteiger partial charge in [-0.25, -0.2) is 0 Å². The van der Waals surface area contributed by atoms with Crippen molar-refractivity contribution in [3.63, 3.8) is 0 Å². The number of amides is 1. The average Bonchev–Trinajstić information content (AvgIpc) is 3.47. The Morgan fingerprint density at radius 3 is 2.69 bits per heavy atom. The van der Waals surface area contributed by atoms with Gasteiger partial charge in [0.25, 0.3) is 0 Å². The molecule has 1 aromatic carbocycles. The Balaban J connectivity index is 1.43. The number of methoxy groups -OCH3 is 2. The monoisotopic (exact) mass is 389 g/mol. The molecule has 29 heavy (non-hydrogen) atoms. The van der Waals surface area contributed by atoms with Gasteiger partial charge in [0.05, 0.1) is 26.2 Å². The first kappa shape index (κ1) is 17.9. The number of rotatable bonds is 4. The zero-order valence-corrected chi connectivity index (χ0v) is 16.6. The van der Waals surface area contributed by atoms with Gasteiger partial charge < -0.3 is 9.47 Å². The Morgan fingerprint density at radius 2 is 1.93 bits per heavy atom. The molecule has 2 aromatic rings. The van der Waals surface area contributed by atoms with E-state index < -0.39 is 0 Å². The van der Waals surface area contributed by atoms with Crippen LogP contribution in [0.25, 0.3) is 5.57 Å². The molecule has 1 aliphatic carbocycles. The van der Waals surface area contributed by atoms with Gasteiger partial charge in [-0.05, 0) is 54.7 Å². The minimum absolute atomic E-state index is 0.150. The first-order valence-electron chi connectivity index (χ1n) is 9.87. The topological polar surface area (TPSA) is 64.0 Å². The standard InChI is InChI=1S/C23H23N3O3/c1-28-18-4-3-15-12-23(13-17(15)11-18)8-10-26(22(23)27)20-6-5-19(21(25-20)29-2)16-7-9-24-14-16/h3-7,11,14H,8-10,12-13H2,1-2H3. The van der Waals surface area contributed by atoms with E-state index in [1.54, 1.807) is 14.2 Å². The second-order valence-electron chi connectivity index (χ2n) is 7.86. The number of anilines is 1. The minimum atomic E-state index is -0.372. The van der Waals surface area contributed by atoms with Crippen LogP contribution in [-0.2, 0) is 17.6 Å². The van der Waals surface area contributed by atoms with Crippen molar-refractivity contribution >= 4 is 23.5 Å². The second-order valence-corrected chi connectivity index (χ2v) is 7.86. The molecule has 1 fully saturated rings. The molecule has 148 valence electrons. The van der Waals surface area contributed by atoms with Crippen molar-refractivity contribution in [1.29, 1.82) is 0 Å². The Bertz CT molecular complexity index is 1060. The summed E-state index contributed by atoms with van der Waals surface area (Å²) < 4.78 is 10.9. The molecule has 2 aliphatic heterocycles. The molecule has 1 atom stereocenters. The molecule has 6 heteroatoms. The summed E-state index contributed by atoms with van der Waals surface area (Å²) >= 11 is 0. The van der Waals surface area contributed by atoms with Gasteiger partial charge in [-0.15, -0.1) is 0 Å². The maximum absolute atomic E-state index is 13.5. The van der Waals surface area contributed by atoms with Crippen LogP contribution in [0.15, 0.2) is 41.4 Å². The summed E-state index contributed by atoms with van der Waals surface area (Å²) in [5, 5.41) is 0. The van der Waals surface area contributed by atoms with Crippen molar-refractivity contribution in [2.45, 2.75) is 19.3 Å². The summed E-state index contributed by atoms with van der Waals surface area (Å²) in [7, 11) is 3.28. The summed E-state index contributed by atoms with van der Waals surface area (Å²) in [4.78, 5) is 24.2. The molecule has 0 N–H and O–H groups in total. The minimum Gasteiger partial charge on any atom is -0.497 e. The maximum Gasteiger partial charge on any atom is 0.235 e. The highest BCUT2D eigenvalue weighted by molar-refractivity contribution is 6.12. The highest BCUT2D eigenvalue weighted by Crippen LogP contribution is 2.46. The number of fused-ring (bicyclic) bond motifs is 1. The van der Waals surface area contributed by atoms with Gasteiger partial charge in [0.1, 0.15) is 11.6 Å².